The Morgan fingerprint density at radius 1 is 1.50 bits per heavy atom. The van der Waals surface area contributed by atoms with E-state index in [9.17, 15) is 14.0 Å². The van der Waals surface area contributed by atoms with Gasteiger partial charge in [0.05, 0.1) is 11.5 Å². The molecule has 0 bridgehead atoms. The standard InChI is InChI=1S/C14H15BrFNO3/c1-8(14(19)20)7-17(10-3-4-10)13(18)11-6-9(15)2-5-12(11)16/h2,5-6,8,10H,3-4,7H2,1H3,(H,19,20). The lowest BCUT2D eigenvalue weighted by Crippen LogP contribution is -2.39. The van der Waals surface area contributed by atoms with E-state index in [1.54, 1.807) is 6.92 Å². The lowest BCUT2D eigenvalue weighted by Gasteiger charge is -2.24. The van der Waals surface area contributed by atoms with Crippen LogP contribution in [0.1, 0.15) is 30.1 Å². The van der Waals surface area contributed by atoms with E-state index >= 15 is 0 Å². The van der Waals surface area contributed by atoms with Crippen LogP contribution in [0.25, 0.3) is 0 Å². The lowest BCUT2D eigenvalue weighted by molar-refractivity contribution is -0.141. The maximum absolute atomic E-state index is 13.8. The third-order valence-electron chi connectivity index (χ3n) is 3.30. The number of aliphatic carboxylic acids is 1. The highest BCUT2D eigenvalue weighted by Crippen LogP contribution is 2.30. The van der Waals surface area contributed by atoms with Crippen molar-refractivity contribution in [1.82, 2.24) is 4.90 Å². The van der Waals surface area contributed by atoms with Gasteiger partial charge in [0.15, 0.2) is 0 Å². The van der Waals surface area contributed by atoms with Crippen molar-refractivity contribution in [2.75, 3.05) is 6.54 Å². The molecule has 0 aliphatic heterocycles. The molecule has 108 valence electrons. The number of carboxylic acid groups (broad SMARTS) is 1. The first kappa shape index (κ1) is 15.0. The second-order valence-electron chi connectivity index (χ2n) is 5.05. The summed E-state index contributed by atoms with van der Waals surface area (Å²) in [6.45, 7) is 1.65. The highest BCUT2D eigenvalue weighted by molar-refractivity contribution is 9.10. The summed E-state index contributed by atoms with van der Waals surface area (Å²) in [5, 5.41) is 8.96. The summed E-state index contributed by atoms with van der Waals surface area (Å²) >= 11 is 3.21. The zero-order chi connectivity index (χ0) is 14.9. The molecule has 1 saturated carbocycles. The molecule has 1 N–H and O–H groups in total. The SMILES string of the molecule is CC(CN(C(=O)c1cc(Br)ccc1F)C1CC1)C(=O)O. The zero-order valence-electron chi connectivity index (χ0n) is 11.0. The van der Waals surface area contributed by atoms with E-state index < -0.39 is 23.6 Å². The quantitative estimate of drug-likeness (QED) is 0.894. The van der Waals surface area contributed by atoms with Gasteiger partial charge in [0.2, 0.25) is 0 Å². The largest absolute Gasteiger partial charge is 0.481 e. The van der Waals surface area contributed by atoms with Crippen LogP contribution >= 0.6 is 15.9 Å². The summed E-state index contributed by atoms with van der Waals surface area (Å²) in [6.07, 6.45) is 1.68. The van der Waals surface area contributed by atoms with Gasteiger partial charge in [0, 0.05) is 17.1 Å². The molecular weight excluding hydrogens is 329 g/mol. The molecule has 1 unspecified atom stereocenters. The average molecular weight is 344 g/mol. The first-order valence-electron chi connectivity index (χ1n) is 6.39. The number of amides is 1. The van der Waals surface area contributed by atoms with E-state index in [1.165, 1.54) is 23.1 Å². The fourth-order valence-corrected chi connectivity index (χ4v) is 2.33. The van der Waals surface area contributed by atoms with Gasteiger partial charge in [-0.3, -0.25) is 9.59 Å². The van der Waals surface area contributed by atoms with Crippen LogP contribution in [0.5, 0.6) is 0 Å². The van der Waals surface area contributed by atoms with E-state index in [1.807, 2.05) is 0 Å². The van der Waals surface area contributed by atoms with Gasteiger partial charge in [-0.15, -0.1) is 0 Å². The molecule has 0 radical (unpaired) electrons. The van der Waals surface area contributed by atoms with Crippen LogP contribution in [0.15, 0.2) is 22.7 Å². The van der Waals surface area contributed by atoms with Crippen molar-refractivity contribution in [3.05, 3.63) is 34.1 Å². The molecule has 0 spiro atoms. The third kappa shape index (κ3) is 3.36. The Labute approximate surface area is 124 Å². The molecule has 2 rings (SSSR count). The van der Waals surface area contributed by atoms with Crippen molar-refractivity contribution in [2.45, 2.75) is 25.8 Å². The minimum absolute atomic E-state index is 0.0242. The van der Waals surface area contributed by atoms with Crippen molar-refractivity contribution in [2.24, 2.45) is 5.92 Å². The topological polar surface area (TPSA) is 57.6 Å². The van der Waals surface area contributed by atoms with E-state index in [-0.39, 0.29) is 18.2 Å². The maximum atomic E-state index is 13.8. The molecule has 20 heavy (non-hydrogen) atoms. The zero-order valence-corrected chi connectivity index (χ0v) is 12.6. The van der Waals surface area contributed by atoms with Crippen LogP contribution in [-0.4, -0.2) is 34.5 Å². The van der Waals surface area contributed by atoms with E-state index in [4.69, 9.17) is 5.11 Å². The second kappa shape index (κ2) is 5.91. The number of nitrogens with zero attached hydrogens (tertiary/aromatic N) is 1. The summed E-state index contributed by atoms with van der Waals surface area (Å²) in [5.41, 5.74) is -0.0242. The van der Waals surface area contributed by atoms with Crippen LogP contribution < -0.4 is 0 Å². The Morgan fingerprint density at radius 3 is 2.70 bits per heavy atom. The number of carbonyl (C=O) groups excluding carboxylic acids is 1. The van der Waals surface area contributed by atoms with E-state index in [0.29, 0.717) is 4.47 Å². The van der Waals surface area contributed by atoms with Gasteiger partial charge in [-0.05, 0) is 31.0 Å². The predicted molar refractivity (Wildman–Crippen MR) is 75.0 cm³/mol. The first-order chi connectivity index (χ1) is 9.40. The molecule has 1 fully saturated rings. The van der Waals surface area contributed by atoms with Crippen LogP contribution in [-0.2, 0) is 4.79 Å². The lowest BCUT2D eigenvalue weighted by atomic mass is 10.1. The van der Waals surface area contributed by atoms with Gasteiger partial charge >= 0.3 is 5.97 Å². The van der Waals surface area contributed by atoms with Crippen molar-refractivity contribution < 1.29 is 19.1 Å². The molecule has 1 atom stereocenters. The maximum Gasteiger partial charge on any atom is 0.308 e. The highest BCUT2D eigenvalue weighted by atomic mass is 79.9. The molecule has 0 saturated heterocycles. The molecule has 6 heteroatoms. The molecule has 4 nitrogen and oxygen atoms in total. The Balaban J connectivity index is 2.23. The second-order valence-corrected chi connectivity index (χ2v) is 5.97. The minimum Gasteiger partial charge on any atom is -0.481 e. The highest BCUT2D eigenvalue weighted by Gasteiger charge is 2.35. The van der Waals surface area contributed by atoms with Gasteiger partial charge in [-0.25, -0.2) is 4.39 Å². The molecule has 0 heterocycles. The van der Waals surface area contributed by atoms with Gasteiger partial charge < -0.3 is 10.0 Å². The fourth-order valence-electron chi connectivity index (χ4n) is 1.97. The monoisotopic (exact) mass is 343 g/mol. The molecule has 1 amide bonds. The molecule has 0 aromatic heterocycles. The van der Waals surface area contributed by atoms with Crippen molar-refractivity contribution in [1.29, 1.82) is 0 Å². The summed E-state index contributed by atoms with van der Waals surface area (Å²) in [7, 11) is 0. The van der Waals surface area contributed by atoms with Gasteiger partial charge in [-0.2, -0.15) is 0 Å². The third-order valence-corrected chi connectivity index (χ3v) is 3.79. The minimum atomic E-state index is -0.960. The Kier molecular flexibility index (Phi) is 4.42. The van der Waals surface area contributed by atoms with E-state index in [2.05, 4.69) is 15.9 Å². The molecule has 1 aliphatic carbocycles. The van der Waals surface area contributed by atoms with Gasteiger partial charge in [0.25, 0.3) is 5.91 Å². The Bertz CT molecular complexity index is 545. The number of halogens is 2. The predicted octanol–water partition coefficient (Wildman–Crippen LogP) is 2.91. The van der Waals surface area contributed by atoms with Crippen LogP contribution in [0.4, 0.5) is 4.39 Å². The average Bonchev–Trinajstić information content (AvgIpc) is 3.22. The van der Waals surface area contributed by atoms with Gasteiger partial charge in [-0.1, -0.05) is 22.9 Å². The van der Waals surface area contributed by atoms with Crippen molar-refractivity contribution in [3.8, 4) is 0 Å². The Morgan fingerprint density at radius 2 is 2.15 bits per heavy atom. The molecule has 1 aromatic rings. The fraction of sp³-hybridized carbons (Fsp3) is 0.429. The number of hydrogen-bond acceptors (Lipinski definition) is 2. The molecule has 1 aliphatic rings. The molecule has 1 aromatic carbocycles. The summed E-state index contributed by atoms with van der Waals surface area (Å²) in [4.78, 5) is 24.8. The first-order valence-corrected chi connectivity index (χ1v) is 7.18. The number of carboxylic acids is 1. The van der Waals surface area contributed by atoms with Crippen molar-refractivity contribution >= 4 is 27.8 Å². The normalized spacial score (nSPS) is 15.8. The summed E-state index contributed by atoms with van der Waals surface area (Å²) in [5.74, 6) is -2.67. The molecular formula is C14H15BrFNO3. The van der Waals surface area contributed by atoms with Crippen LogP contribution in [0, 0.1) is 11.7 Å². The van der Waals surface area contributed by atoms with E-state index in [0.717, 1.165) is 12.8 Å². The number of rotatable bonds is 5. The number of hydrogen-bond donors (Lipinski definition) is 1. The summed E-state index contributed by atoms with van der Waals surface area (Å²) < 4.78 is 14.4. The van der Waals surface area contributed by atoms with Gasteiger partial charge in [0.1, 0.15) is 5.82 Å². The van der Waals surface area contributed by atoms with Crippen LogP contribution in [0.2, 0.25) is 0 Å². The number of benzene rings is 1. The summed E-state index contributed by atoms with van der Waals surface area (Å²) in [6, 6.07) is 4.21. The smallest absolute Gasteiger partial charge is 0.308 e. The van der Waals surface area contributed by atoms with Crippen LogP contribution in [0.3, 0.4) is 0 Å². The Hall–Kier alpha value is -1.43. The van der Waals surface area contributed by atoms with Crippen molar-refractivity contribution in [3.63, 3.8) is 0 Å². The number of carbonyl (C=O) groups is 2.